The summed E-state index contributed by atoms with van der Waals surface area (Å²) in [6, 6.07) is 18.4. The number of halogens is 2. The molecule has 51 heavy (non-hydrogen) atoms. The molecule has 0 bridgehead atoms. The summed E-state index contributed by atoms with van der Waals surface area (Å²) in [5, 5.41) is 0. The molecular weight excluding hydrogens is 654 g/mol. The smallest absolute Gasteiger partial charge is 0.410 e. The summed E-state index contributed by atoms with van der Waals surface area (Å²) in [7, 11) is 0. The number of H-pyrrole nitrogens is 2. The third kappa shape index (κ3) is 7.35. The van der Waals surface area contributed by atoms with E-state index in [-0.39, 0.29) is 18.7 Å². The number of carbonyl (C=O) groups is 2. The third-order valence-corrected chi connectivity index (χ3v) is 9.25. The molecule has 2 atom stereocenters. The van der Waals surface area contributed by atoms with Gasteiger partial charge in [0.05, 0.1) is 35.9 Å². The molecule has 0 saturated carbocycles. The Kier molecular flexibility index (Phi) is 9.33. The molecule has 10 nitrogen and oxygen atoms in total. The Morgan fingerprint density at radius 1 is 0.765 bits per heavy atom. The lowest BCUT2D eigenvalue weighted by molar-refractivity contribution is 0.0218. The molecule has 2 fully saturated rings. The average Bonchev–Trinajstić information content (AvgIpc) is 3.93. The predicted molar refractivity (Wildman–Crippen MR) is 187 cm³/mol. The lowest BCUT2D eigenvalue weighted by atomic mass is 10.00. The maximum absolute atomic E-state index is 15.6. The van der Waals surface area contributed by atoms with Crippen molar-refractivity contribution in [2.75, 3.05) is 13.1 Å². The minimum atomic E-state index is -0.616. The molecule has 2 saturated heterocycles. The molecule has 0 spiro atoms. The van der Waals surface area contributed by atoms with E-state index in [1.165, 1.54) is 12.1 Å². The normalized spacial score (nSPS) is 17.6. The Morgan fingerprint density at radius 3 is 1.76 bits per heavy atom. The fourth-order valence-electron chi connectivity index (χ4n) is 6.77. The summed E-state index contributed by atoms with van der Waals surface area (Å²) >= 11 is 0. The van der Waals surface area contributed by atoms with Crippen molar-refractivity contribution in [2.45, 2.75) is 70.7 Å². The molecular formula is C39H40F2N6O4. The van der Waals surface area contributed by atoms with Crippen LogP contribution in [0.3, 0.4) is 0 Å². The summed E-state index contributed by atoms with van der Waals surface area (Å²) in [6.07, 6.45) is 5.34. The average molecular weight is 695 g/mol. The zero-order valence-corrected chi connectivity index (χ0v) is 28.8. The number of amides is 2. The van der Waals surface area contributed by atoms with E-state index < -0.39 is 29.4 Å². The Labute approximate surface area is 294 Å². The fourth-order valence-corrected chi connectivity index (χ4v) is 6.77. The molecule has 5 aromatic rings. The number of hydrogen-bond acceptors (Lipinski definition) is 6. The first-order chi connectivity index (χ1) is 24.5. The first-order valence-corrected chi connectivity index (χ1v) is 17.2. The lowest BCUT2D eigenvalue weighted by Crippen LogP contribution is -2.36. The lowest BCUT2D eigenvalue weighted by Gasteiger charge is -2.27. The monoisotopic (exact) mass is 694 g/mol. The Hall–Kier alpha value is -5.52. The van der Waals surface area contributed by atoms with E-state index in [0.29, 0.717) is 64.8 Å². The largest absolute Gasteiger partial charge is 0.445 e. The SMILES string of the molecule is CC(C)(C)OC(=O)N1CCC[C@H]1c1ncc(-c2ccc(-c3ccc(-c4cnc([C@@H]5CCCN5C(=O)OCc5ccccc5)[nH]4)c(F)c3)cc2F)[nH]1. The maximum atomic E-state index is 15.6. The van der Waals surface area contributed by atoms with Gasteiger partial charge in [0.25, 0.3) is 0 Å². The number of imidazole rings is 2. The summed E-state index contributed by atoms with van der Waals surface area (Å²) < 4.78 is 42.2. The summed E-state index contributed by atoms with van der Waals surface area (Å²) in [5.74, 6) is 0.138. The first kappa shape index (κ1) is 34.0. The number of rotatable bonds is 7. The number of ether oxygens (including phenoxy) is 2. The van der Waals surface area contributed by atoms with Crippen molar-refractivity contribution in [1.29, 1.82) is 0 Å². The van der Waals surface area contributed by atoms with Crippen LogP contribution in [-0.2, 0) is 16.1 Å². The van der Waals surface area contributed by atoms with Crippen LogP contribution in [0, 0.1) is 11.6 Å². The Morgan fingerprint density at radius 2 is 1.27 bits per heavy atom. The quantitative estimate of drug-likeness (QED) is 0.176. The second kappa shape index (κ2) is 14.0. The van der Waals surface area contributed by atoms with Gasteiger partial charge in [0.1, 0.15) is 35.5 Å². The van der Waals surface area contributed by atoms with Crippen LogP contribution in [0.1, 0.15) is 75.8 Å². The van der Waals surface area contributed by atoms with Crippen LogP contribution in [-0.4, -0.2) is 60.6 Å². The number of aromatic amines is 2. The molecule has 264 valence electrons. The molecule has 0 unspecified atom stereocenters. The molecule has 7 rings (SSSR count). The summed E-state index contributed by atoms with van der Waals surface area (Å²) in [5.41, 5.74) is 2.88. The van der Waals surface area contributed by atoms with Crippen molar-refractivity contribution in [2.24, 2.45) is 0 Å². The van der Waals surface area contributed by atoms with Gasteiger partial charge in [-0.3, -0.25) is 9.80 Å². The summed E-state index contributed by atoms with van der Waals surface area (Å²) in [4.78, 5) is 44.4. The molecule has 2 aliphatic rings. The van der Waals surface area contributed by atoms with Crippen molar-refractivity contribution in [3.8, 4) is 33.6 Å². The zero-order valence-electron chi connectivity index (χ0n) is 28.8. The van der Waals surface area contributed by atoms with E-state index in [1.807, 2.05) is 51.1 Å². The molecule has 4 heterocycles. The second-order valence-corrected chi connectivity index (χ2v) is 14.0. The highest BCUT2D eigenvalue weighted by molar-refractivity contribution is 5.73. The first-order valence-electron chi connectivity index (χ1n) is 17.2. The fraction of sp³-hybridized carbons (Fsp3) is 0.333. The van der Waals surface area contributed by atoms with Gasteiger partial charge < -0.3 is 19.4 Å². The van der Waals surface area contributed by atoms with Gasteiger partial charge in [0.2, 0.25) is 0 Å². The van der Waals surface area contributed by atoms with Gasteiger partial charge in [-0.25, -0.2) is 28.3 Å². The van der Waals surface area contributed by atoms with Crippen molar-refractivity contribution in [1.82, 2.24) is 29.7 Å². The van der Waals surface area contributed by atoms with Gasteiger partial charge in [-0.15, -0.1) is 0 Å². The third-order valence-electron chi connectivity index (χ3n) is 9.25. The Bertz CT molecular complexity index is 2040. The highest BCUT2D eigenvalue weighted by atomic mass is 19.1. The number of nitrogens with zero attached hydrogens (tertiary/aromatic N) is 4. The van der Waals surface area contributed by atoms with Crippen molar-refractivity contribution in [3.63, 3.8) is 0 Å². The van der Waals surface area contributed by atoms with Crippen LogP contribution in [0.4, 0.5) is 18.4 Å². The molecule has 3 aromatic carbocycles. The van der Waals surface area contributed by atoms with E-state index >= 15 is 8.78 Å². The highest BCUT2D eigenvalue weighted by Gasteiger charge is 2.35. The zero-order chi connectivity index (χ0) is 35.7. The predicted octanol–water partition coefficient (Wildman–Crippen LogP) is 8.96. The van der Waals surface area contributed by atoms with Gasteiger partial charge in [0, 0.05) is 24.2 Å². The van der Waals surface area contributed by atoms with Crippen molar-refractivity contribution in [3.05, 3.63) is 108 Å². The van der Waals surface area contributed by atoms with Crippen molar-refractivity contribution < 1.29 is 27.8 Å². The van der Waals surface area contributed by atoms with E-state index in [9.17, 15) is 9.59 Å². The van der Waals surface area contributed by atoms with Crippen LogP contribution in [0.2, 0.25) is 0 Å². The van der Waals surface area contributed by atoms with E-state index in [1.54, 1.807) is 46.5 Å². The number of nitrogens with one attached hydrogen (secondary N) is 2. The number of aromatic nitrogens is 4. The Balaban J connectivity index is 1.03. The standard InChI is InChI=1S/C39H40F2N6O4/c1-39(2,3)51-38(49)47-18-8-12-34(47)36-43-22-32(45-36)28-16-14-26(20-30(28)41)25-13-15-27(29(40)19-25)31-21-42-35(44-31)33-11-7-17-46(33)37(48)50-23-24-9-5-4-6-10-24/h4-6,9-10,13-16,19-22,33-34H,7-8,11-12,17-18,23H2,1-3H3,(H,42,44)(H,43,45)/t33-,34-/m0/s1. The van der Waals surface area contributed by atoms with Crippen LogP contribution < -0.4 is 0 Å². The van der Waals surface area contributed by atoms with E-state index in [0.717, 1.165) is 24.8 Å². The number of likely N-dealkylation sites (tertiary alicyclic amines) is 2. The molecule has 2 N–H and O–H groups in total. The molecule has 12 heteroatoms. The number of benzene rings is 3. The minimum Gasteiger partial charge on any atom is -0.445 e. The molecule has 0 aliphatic carbocycles. The highest BCUT2D eigenvalue weighted by Crippen LogP contribution is 2.36. The van der Waals surface area contributed by atoms with Gasteiger partial charge in [-0.05, 0) is 87.4 Å². The van der Waals surface area contributed by atoms with Gasteiger partial charge in [-0.1, -0.05) is 42.5 Å². The van der Waals surface area contributed by atoms with Gasteiger partial charge >= 0.3 is 12.2 Å². The number of carbonyl (C=O) groups excluding carboxylic acids is 2. The number of hydrogen-bond donors (Lipinski definition) is 2. The van der Waals surface area contributed by atoms with Crippen LogP contribution in [0.25, 0.3) is 33.6 Å². The van der Waals surface area contributed by atoms with E-state index in [2.05, 4.69) is 19.9 Å². The van der Waals surface area contributed by atoms with Crippen LogP contribution >= 0.6 is 0 Å². The molecule has 2 aliphatic heterocycles. The van der Waals surface area contributed by atoms with E-state index in [4.69, 9.17) is 9.47 Å². The molecule has 2 amide bonds. The molecule has 0 radical (unpaired) electrons. The van der Waals surface area contributed by atoms with Crippen molar-refractivity contribution >= 4 is 12.2 Å². The van der Waals surface area contributed by atoms with Crippen LogP contribution in [0.15, 0.2) is 79.1 Å². The van der Waals surface area contributed by atoms with Gasteiger partial charge in [0.15, 0.2) is 0 Å². The minimum absolute atomic E-state index is 0.178. The maximum Gasteiger partial charge on any atom is 0.410 e. The van der Waals surface area contributed by atoms with Crippen LogP contribution in [0.5, 0.6) is 0 Å². The topological polar surface area (TPSA) is 116 Å². The second-order valence-electron chi connectivity index (χ2n) is 14.0. The van der Waals surface area contributed by atoms with Gasteiger partial charge in [-0.2, -0.15) is 0 Å². The molecule has 2 aromatic heterocycles. The summed E-state index contributed by atoms with van der Waals surface area (Å²) in [6.45, 7) is 6.75.